The van der Waals surface area contributed by atoms with Crippen molar-refractivity contribution in [1.29, 1.82) is 0 Å². The molecule has 1 saturated heterocycles. The fourth-order valence-electron chi connectivity index (χ4n) is 4.66. The minimum absolute atomic E-state index is 0.217. The first-order valence-corrected chi connectivity index (χ1v) is 11.2. The quantitative estimate of drug-likeness (QED) is 0.457. The molecule has 2 aliphatic heterocycles. The van der Waals surface area contributed by atoms with E-state index in [2.05, 4.69) is 15.5 Å². The number of carbonyl (C=O) groups is 3. The third kappa shape index (κ3) is 3.61. The van der Waals surface area contributed by atoms with Crippen LogP contribution in [0, 0.1) is 0 Å². The molecule has 3 amide bonds. The Morgan fingerprint density at radius 2 is 1.80 bits per heavy atom. The van der Waals surface area contributed by atoms with Crippen molar-refractivity contribution in [3.8, 4) is 28.6 Å². The largest absolute Gasteiger partial charge is 0.497 e. The number of rotatable bonds is 4. The third-order valence-corrected chi connectivity index (χ3v) is 6.50. The van der Waals surface area contributed by atoms with E-state index in [4.69, 9.17) is 9.26 Å². The van der Waals surface area contributed by atoms with E-state index in [1.165, 1.54) is 4.90 Å². The monoisotopic (exact) mass is 468 g/mol. The summed E-state index contributed by atoms with van der Waals surface area (Å²) < 4.78 is 10.8. The Hall–Kier alpha value is -4.53. The molecule has 35 heavy (non-hydrogen) atoms. The Balaban J connectivity index is 1.26. The van der Waals surface area contributed by atoms with Crippen molar-refractivity contribution >= 4 is 28.5 Å². The molecule has 174 valence electrons. The molecule has 3 heterocycles. The van der Waals surface area contributed by atoms with Gasteiger partial charge in [-0.1, -0.05) is 23.4 Å². The smallest absolute Gasteiger partial charge is 0.258 e. The average Bonchev–Trinajstić information content (AvgIpc) is 3.48. The van der Waals surface area contributed by atoms with Gasteiger partial charge in [-0.05, 0) is 59.2 Å². The SMILES string of the molecule is COc1ccc2cc(-c3noc(-c4ccc5c(c4)CN(C4CCC(=O)NC4=O)C5=O)n3)ccc2c1. The molecule has 3 aromatic carbocycles. The summed E-state index contributed by atoms with van der Waals surface area (Å²) in [6.45, 7) is 0.281. The van der Waals surface area contributed by atoms with Gasteiger partial charge in [0.2, 0.25) is 17.6 Å². The van der Waals surface area contributed by atoms with Crippen LogP contribution in [0.25, 0.3) is 33.6 Å². The van der Waals surface area contributed by atoms with Crippen molar-refractivity contribution in [2.24, 2.45) is 0 Å². The lowest BCUT2D eigenvalue weighted by Gasteiger charge is -2.29. The minimum Gasteiger partial charge on any atom is -0.497 e. The Morgan fingerprint density at radius 1 is 1.00 bits per heavy atom. The van der Waals surface area contributed by atoms with E-state index in [1.54, 1.807) is 19.2 Å². The topological polar surface area (TPSA) is 115 Å². The summed E-state index contributed by atoms with van der Waals surface area (Å²) in [5.74, 6) is 0.622. The fourth-order valence-corrected chi connectivity index (χ4v) is 4.66. The fraction of sp³-hybridized carbons (Fsp3) is 0.192. The summed E-state index contributed by atoms with van der Waals surface area (Å²) in [6, 6.07) is 16.4. The second-order valence-corrected chi connectivity index (χ2v) is 8.62. The maximum Gasteiger partial charge on any atom is 0.258 e. The Bertz CT molecular complexity index is 1530. The summed E-state index contributed by atoms with van der Waals surface area (Å²) in [4.78, 5) is 42.7. The number of imide groups is 1. The number of benzene rings is 3. The van der Waals surface area contributed by atoms with Gasteiger partial charge in [-0.25, -0.2) is 0 Å². The van der Waals surface area contributed by atoms with E-state index in [1.807, 2.05) is 42.5 Å². The number of carbonyl (C=O) groups excluding carboxylic acids is 3. The van der Waals surface area contributed by atoms with Crippen LogP contribution in [-0.2, 0) is 16.1 Å². The summed E-state index contributed by atoms with van der Waals surface area (Å²) in [7, 11) is 1.64. The molecule has 1 aromatic heterocycles. The lowest BCUT2D eigenvalue weighted by molar-refractivity contribution is -0.136. The van der Waals surface area contributed by atoms with Crippen LogP contribution in [0.1, 0.15) is 28.8 Å². The van der Waals surface area contributed by atoms with E-state index in [-0.39, 0.29) is 24.8 Å². The molecule has 1 N–H and O–H groups in total. The van der Waals surface area contributed by atoms with Crippen molar-refractivity contribution in [3.63, 3.8) is 0 Å². The van der Waals surface area contributed by atoms with Crippen molar-refractivity contribution < 1.29 is 23.6 Å². The number of amides is 3. The van der Waals surface area contributed by atoms with E-state index in [0.29, 0.717) is 29.3 Å². The minimum atomic E-state index is -0.654. The first-order valence-electron chi connectivity index (χ1n) is 11.2. The molecule has 1 unspecified atom stereocenters. The zero-order valence-corrected chi connectivity index (χ0v) is 18.8. The maximum atomic E-state index is 12.9. The number of methoxy groups -OCH3 is 1. The molecular formula is C26H20N4O5. The van der Waals surface area contributed by atoms with E-state index in [0.717, 1.165) is 27.6 Å². The molecule has 9 heteroatoms. The Morgan fingerprint density at radius 3 is 2.63 bits per heavy atom. The molecule has 1 fully saturated rings. The van der Waals surface area contributed by atoms with Gasteiger partial charge in [-0.15, -0.1) is 0 Å². The van der Waals surface area contributed by atoms with Gasteiger partial charge in [-0.2, -0.15) is 4.98 Å². The van der Waals surface area contributed by atoms with Gasteiger partial charge in [0.25, 0.3) is 11.8 Å². The molecule has 0 radical (unpaired) electrons. The second-order valence-electron chi connectivity index (χ2n) is 8.62. The number of hydrogen-bond acceptors (Lipinski definition) is 7. The van der Waals surface area contributed by atoms with E-state index < -0.39 is 11.9 Å². The number of ether oxygens (including phenoxy) is 1. The van der Waals surface area contributed by atoms with Crippen LogP contribution in [0.4, 0.5) is 0 Å². The molecule has 1 atom stereocenters. The summed E-state index contributed by atoms with van der Waals surface area (Å²) >= 11 is 0. The number of nitrogens with zero attached hydrogens (tertiary/aromatic N) is 3. The van der Waals surface area contributed by atoms with Crippen LogP contribution in [0.5, 0.6) is 5.75 Å². The number of hydrogen-bond donors (Lipinski definition) is 1. The molecule has 0 bridgehead atoms. The molecule has 2 aliphatic rings. The van der Waals surface area contributed by atoms with Crippen molar-refractivity contribution in [3.05, 3.63) is 65.7 Å². The molecular weight excluding hydrogens is 448 g/mol. The van der Waals surface area contributed by atoms with Gasteiger partial charge in [-0.3, -0.25) is 19.7 Å². The van der Waals surface area contributed by atoms with Gasteiger partial charge < -0.3 is 14.2 Å². The Labute approximate surface area is 199 Å². The van der Waals surface area contributed by atoms with Crippen molar-refractivity contribution in [2.75, 3.05) is 7.11 Å². The lowest BCUT2D eigenvalue weighted by Crippen LogP contribution is -2.52. The van der Waals surface area contributed by atoms with Gasteiger partial charge in [0.05, 0.1) is 7.11 Å². The van der Waals surface area contributed by atoms with Crippen LogP contribution in [0.2, 0.25) is 0 Å². The highest BCUT2D eigenvalue weighted by molar-refractivity contribution is 6.05. The Kier molecular flexibility index (Phi) is 4.84. The zero-order chi connectivity index (χ0) is 24.1. The van der Waals surface area contributed by atoms with Crippen LogP contribution < -0.4 is 10.1 Å². The standard InChI is InChI=1S/C26H20N4O5/c1-34-19-6-4-14-10-16(3-2-15(14)12-19)23-28-25(35-29-23)17-5-7-20-18(11-17)13-30(26(20)33)21-8-9-22(31)27-24(21)32/h2-7,10-12,21H,8-9,13H2,1H3,(H,27,31,32). The number of piperidine rings is 1. The second kappa shape index (κ2) is 8.05. The van der Waals surface area contributed by atoms with E-state index in [9.17, 15) is 14.4 Å². The molecule has 0 saturated carbocycles. The first kappa shape index (κ1) is 21.0. The number of fused-ring (bicyclic) bond motifs is 2. The molecule has 6 rings (SSSR count). The van der Waals surface area contributed by atoms with Gasteiger partial charge >= 0.3 is 0 Å². The van der Waals surface area contributed by atoms with Crippen molar-refractivity contribution in [1.82, 2.24) is 20.4 Å². The van der Waals surface area contributed by atoms with Crippen LogP contribution in [0.15, 0.2) is 59.1 Å². The third-order valence-electron chi connectivity index (χ3n) is 6.50. The average molecular weight is 468 g/mol. The highest BCUT2D eigenvalue weighted by Gasteiger charge is 2.39. The molecule has 4 aromatic rings. The highest BCUT2D eigenvalue weighted by atomic mass is 16.5. The van der Waals surface area contributed by atoms with E-state index >= 15 is 0 Å². The lowest BCUT2D eigenvalue weighted by atomic mass is 10.0. The molecule has 0 spiro atoms. The van der Waals surface area contributed by atoms with Gasteiger partial charge in [0, 0.05) is 29.7 Å². The molecule has 9 nitrogen and oxygen atoms in total. The normalized spacial score (nSPS) is 17.6. The number of nitrogens with one attached hydrogen (secondary N) is 1. The predicted molar refractivity (Wildman–Crippen MR) is 125 cm³/mol. The van der Waals surface area contributed by atoms with Crippen LogP contribution >= 0.6 is 0 Å². The van der Waals surface area contributed by atoms with Crippen molar-refractivity contribution in [2.45, 2.75) is 25.4 Å². The van der Waals surface area contributed by atoms with Crippen LogP contribution in [-0.4, -0.2) is 45.9 Å². The summed E-state index contributed by atoms with van der Waals surface area (Å²) in [5.41, 5.74) is 2.81. The number of aromatic nitrogens is 2. The molecule has 0 aliphatic carbocycles. The van der Waals surface area contributed by atoms with Gasteiger partial charge in [0.1, 0.15) is 11.8 Å². The van der Waals surface area contributed by atoms with Gasteiger partial charge in [0.15, 0.2) is 0 Å². The maximum absolute atomic E-state index is 12.9. The predicted octanol–water partition coefficient (Wildman–Crippen LogP) is 3.33. The summed E-state index contributed by atoms with van der Waals surface area (Å²) in [5, 5.41) is 8.53. The highest BCUT2D eigenvalue weighted by Crippen LogP contribution is 2.32. The summed E-state index contributed by atoms with van der Waals surface area (Å²) in [6.07, 6.45) is 0.539. The first-order chi connectivity index (χ1) is 17.0. The zero-order valence-electron chi connectivity index (χ0n) is 18.8. The van der Waals surface area contributed by atoms with Crippen LogP contribution in [0.3, 0.4) is 0 Å².